The smallest absolute Gasteiger partial charge is 0.341 e. The topological polar surface area (TPSA) is 55.8 Å². The van der Waals surface area contributed by atoms with Crippen LogP contribution in [0.4, 0.5) is 0 Å². The quantitative estimate of drug-likeness (QED) is 0.271. The van der Waals surface area contributed by atoms with Crippen molar-refractivity contribution in [2.45, 2.75) is 4.90 Å². The van der Waals surface area contributed by atoms with Crippen molar-refractivity contribution in [1.29, 1.82) is 0 Å². The van der Waals surface area contributed by atoms with Crippen molar-refractivity contribution in [2.75, 3.05) is 19.5 Å². The number of carbonyl (C=O) groups is 1. The number of aliphatic carboxylic acids is 1. The van der Waals surface area contributed by atoms with Crippen LogP contribution in [-0.2, 0) is 4.79 Å². The number of carboxylic acid groups (broad SMARTS) is 1. The van der Waals surface area contributed by atoms with E-state index in [9.17, 15) is 4.79 Å². The molecule has 154 valence electrons. The molecule has 0 amide bonds. The van der Waals surface area contributed by atoms with Gasteiger partial charge in [0, 0.05) is 16.2 Å². The second kappa shape index (κ2) is 11.1. The minimum absolute atomic E-state index is 0.343. The number of hydrogen-bond donors (Lipinski definition) is 1. The van der Waals surface area contributed by atoms with Crippen LogP contribution in [0.2, 0.25) is 0 Å². The minimum Gasteiger partial charge on any atom is -0.496 e. The number of benzene rings is 3. The Bertz CT molecular complexity index is 1030. The van der Waals surface area contributed by atoms with E-state index in [0.717, 1.165) is 36.7 Å². The van der Waals surface area contributed by atoms with Crippen LogP contribution in [0.25, 0.3) is 5.57 Å². The number of rotatable bonds is 9. The SMILES string of the molecule is COc1ccccc1/C(=C\CSc1ccc(OCC(=O)O)c(I)c1)c1ccccc1. The maximum Gasteiger partial charge on any atom is 0.341 e. The van der Waals surface area contributed by atoms with Gasteiger partial charge in [-0.3, -0.25) is 0 Å². The van der Waals surface area contributed by atoms with Crippen LogP contribution in [-0.4, -0.2) is 30.5 Å². The first-order chi connectivity index (χ1) is 14.6. The van der Waals surface area contributed by atoms with Crippen LogP contribution >= 0.6 is 34.4 Å². The van der Waals surface area contributed by atoms with E-state index in [2.05, 4.69) is 46.9 Å². The largest absolute Gasteiger partial charge is 0.496 e. The normalized spacial score (nSPS) is 11.2. The lowest BCUT2D eigenvalue weighted by atomic mass is 9.97. The molecule has 0 spiro atoms. The number of halogens is 1. The molecule has 0 bridgehead atoms. The predicted molar refractivity (Wildman–Crippen MR) is 130 cm³/mol. The first-order valence-electron chi connectivity index (χ1n) is 9.24. The number of methoxy groups -OCH3 is 1. The van der Waals surface area contributed by atoms with Gasteiger partial charge in [-0.2, -0.15) is 0 Å². The van der Waals surface area contributed by atoms with Gasteiger partial charge in [0.05, 0.1) is 10.7 Å². The molecular weight excluding hydrogens is 511 g/mol. The van der Waals surface area contributed by atoms with Gasteiger partial charge < -0.3 is 14.6 Å². The van der Waals surface area contributed by atoms with Gasteiger partial charge in [-0.1, -0.05) is 54.6 Å². The molecule has 0 aliphatic heterocycles. The van der Waals surface area contributed by atoms with E-state index >= 15 is 0 Å². The van der Waals surface area contributed by atoms with Crippen LogP contribution in [0, 0.1) is 3.57 Å². The summed E-state index contributed by atoms with van der Waals surface area (Å²) in [5.74, 6) is 1.20. The van der Waals surface area contributed by atoms with E-state index in [1.54, 1.807) is 18.9 Å². The predicted octanol–water partition coefficient (Wildman–Crippen LogP) is 5.99. The van der Waals surface area contributed by atoms with Crippen molar-refractivity contribution in [3.05, 3.63) is 93.6 Å². The summed E-state index contributed by atoms with van der Waals surface area (Å²) < 4.78 is 11.8. The zero-order valence-corrected chi connectivity index (χ0v) is 19.4. The van der Waals surface area contributed by atoms with Gasteiger partial charge >= 0.3 is 5.97 Å². The Morgan fingerprint density at radius 2 is 1.77 bits per heavy atom. The molecule has 3 aromatic rings. The van der Waals surface area contributed by atoms with Crippen LogP contribution in [0.3, 0.4) is 0 Å². The van der Waals surface area contributed by atoms with Gasteiger partial charge in [-0.15, -0.1) is 11.8 Å². The van der Waals surface area contributed by atoms with Gasteiger partial charge in [0.15, 0.2) is 6.61 Å². The zero-order chi connectivity index (χ0) is 21.3. The number of para-hydroxylation sites is 1. The van der Waals surface area contributed by atoms with Gasteiger partial charge in [-0.25, -0.2) is 4.79 Å². The third-order valence-electron chi connectivity index (χ3n) is 4.27. The molecule has 3 aromatic carbocycles. The maximum absolute atomic E-state index is 10.7. The van der Waals surface area contributed by atoms with E-state index in [0.29, 0.717) is 5.75 Å². The van der Waals surface area contributed by atoms with Crippen molar-refractivity contribution >= 4 is 45.9 Å². The molecular formula is C24H21IO4S. The molecule has 0 fully saturated rings. The van der Waals surface area contributed by atoms with E-state index in [-0.39, 0.29) is 6.61 Å². The molecule has 0 saturated carbocycles. The molecule has 0 aliphatic carbocycles. The molecule has 6 heteroatoms. The monoisotopic (exact) mass is 532 g/mol. The number of ether oxygens (including phenoxy) is 2. The average Bonchev–Trinajstić information content (AvgIpc) is 2.76. The molecule has 0 heterocycles. The summed E-state index contributed by atoms with van der Waals surface area (Å²) in [6.07, 6.45) is 2.21. The number of hydrogen-bond acceptors (Lipinski definition) is 4. The zero-order valence-electron chi connectivity index (χ0n) is 16.4. The van der Waals surface area contributed by atoms with Crippen LogP contribution in [0.15, 0.2) is 83.8 Å². The van der Waals surface area contributed by atoms with Gasteiger partial charge in [0.2, 0.25) is 0 Å². The summed E-state index contributed by atoms with van der Waals surface area (Å²) in [6, 6.07) is 24.1. The standard InChI is InChI=1S/C24H21IO4S/c1-28-22-10-6-5-9-20(22)19(17-7-3-2-4-8-17)13-14-30-18-11-12-23(21(25)15-18)29-16-24(26)27/h2-13,15H,14,16H2,1H3,(H,26,27)/b19-13-. The number of carboxylic acids is 1. The van der Waals surface area contributed by atoms with Crippen molar-refractivity contribution in [3.8, 4) is 11.5 Å². The third kappa shape index (κ3) is 6.03. The minimum atomic E-state index is -0.987. The van der Waals surface area contributed by atoms with Crippen molar-refractivity contribution in [3.63, 3.8) is 0 Å². The van der Waals surface area contributed by atoms with Crippen LogP contribution < -0.4 is 9.47 Å². The summed E-state index contributed by atoms with van der Waals surface area (Å²) in [5.41, 5.74) is 3.31. The van der Waals surface area contributed by atoms with Crippen molar-refractivity contribution in [2.24, 2.45) is 0 Å². The molecule has 3 rings (SSSR count). The number of thioether (sulfide) groups is 1. The fourth-order valence-electron chi connectivity index (χ4n) is 2.92. The Hall–Kier alpha value is -2.45. The first kappa shape index (κ1) is 22.2. The molecule has 4 nitrogen and oxygen atoms in total. The second-order valence-corrected chi connectivity index (χ2v) is 8.53. The molecule has 30 heavy (non-hydrogen) atoms. The van der Waals surface area contributed by atoms with Crippen LogP contribution in [0.1, 0.15) is 11.1 Å². The summed E-state index contributed by atoms with van der Waals surface area (Å²) in [5, 5.41) is 8.77. The molecule has 0 aliphatic rings. The summed E-state index contributed by atoms with van der Waals surface area (Å²) >= 11 is 3.87. The summed E-state index contributed by atoms with van der Waals surface area (Å²) in [7, 11) is 1.69. The maximum atomic E-state index is 10.7. The van der Waals surface area contributed by atoms with Crippen LogP contribution in [0.5, 0.6) is 11.5 Å². The average molecular weight is 532 g/mol. The van der Waals surface area contributed by atoms with E-state index in [1.165, 1.54) is 0 Å². The second-order valence-electron chi connectivity index (χ2n) is 6.27. The summed E-state index contributed by atoms with van der Waals surface area (Å²) in [6.45, 7) is -0.343. The highest BCUT2D eigenvalue weighted by molar-refractivity contribution is 14.1. The Kier molecular flexibility index (Phi) is 8.21. The van der Waals surface area contributed by atoms with E-state index in [1.807, 2.05) is 54.6 Å². The highest BCUT2D eigenvalue weighted by Gasteiger charge is 2.10. The van der Waals surface area contributed by atoms with Gasteiger partial charge in [0.25, 0.3) is 0 Å². The lowest BCUT2D eigenvalue weighted by molar-refractivity contribution is -0.139. The lowest BCUT2D eigenvalue weighted by Gasteiger charge is -2.13. The van der Waals surface area contributed by atoms with E-state index < -0.39 is 5.97 Å². The Morgan fingerprint density at radius 3 is 2.47 bits per heavy atom. The Labute approximate surface area is 194 Å². The molecule has 0 radical (unpaired) electrons. The van der Waals surface area contributed by atoms with Crippen molar-refractivity contribution < 1.29 is 19.4 Å². The highest BCUT2D eigenvalue weighted by Crippen LogP contribution is 2.33. The highest BCUT2D eigenvalue weighted by atomic mass is 127. The fourth-order valence-corrected chi connectivity index (χ4v) is 4.61. The van der Waals surface area contributed by atoms with Gasteiger partial charge in [0.1, 0.15) is 11.5 Å². The molecule has 1 N–H and O–H groups in total. The molecule has 0 atom stereocenters. The lowest BCUT2D eigenvalue weighted by Crippen LogP contribution is -2.10. The molecule has 0 unspecified atom stereocenters. The third-order valence-corrected chi connectivity index (χ3v) is 6.04. The summed E-state index contributed by atoms with van der Waals surface area (Å²) in [4.78, 5) is 11.8. The van der Waals surface area contributed by atoms with Crippen molar-refractivity contribution in [1.82, 2.24) is 0 Å². The molecule has 0 saturated heterocycles. The van der Waals surface area contributed by atoms with Gasteiger partial charge in [-0.05, 0) is 58.0 Å². The van der Waals surface area contributed by atoms with E-state index in [4.69, 9.17) is 14.6 Å². The fraction of sp³-hybridized carbons (Fsp3) is 0.125. The molecule has 0 aromatic heterocycles. The Morgan fingerprint density at radius 1 is 1.03 bits per heavy atom. The Balaban J connectivity index is 1.80. The first-order valence-corrected chi connectivity index (χ1v) is 11.3.